The average molecular weight is 579 g/mol. The SMILES string of the molecule is CCn1c2ccccc2c2cc(C(c3ccccc3)c3cc4c5ccccc5n(CC)c4c4ccccc34)c3ccccc3c21. The Labute approximate surface area is 262 Å². The van der Waals surface area contributed by atoms with Gasteiger partial charge in [-0.2, -0.15) is 0 Å². The molecule has 0 unspecified atom stereocenters. The molecule has 0 amide bonds. The Morgan fingerprint density at radius 2 is 0.778 bits per heavy atom. The minimum atomic E-state index is 0.0438. The van der Waals surface area contributed by atoms with Crippen molar-refractivity contribution in [2.75, 3.05) is 0 Å². The van der Waals surface area contributed by atoms with Gasteiger partial charge in [-0.1, -0.05) is 115 Å². The normalized spacial score (nSPS) is 12.2. The molecule has 7 aromatic carbocycles. The fraction of sp³-hybridized carbons (Fsp3) is 0.116. The number of rotatable bonds is 5. The lowest BCUT2D eigenvalue weighted by Gasteiger charge is -2.24. The molecular formula is C43H34N2. The second-order valence-electron chi connectivity index (χ2n) is 12.2. The summed E-state index contributed by atoms with van der Waals surface area (Å²) in [5, 5.41) is 10.6. The van der Waals surface area contributed by atoms with Gasteiger partial charge in [0.1, 0.15) is 0 Å². The average Bonchev–Trinajstić information content (AvgIpc) is 3.61. The van der Waals surface area contributed by atoms with Crippen molar-refractivity contribution in [3.8, 4) is 0 Å². The van der Waals surface area contributed by atoms with Crippen LogP contribution >= 0.6 is 0 Å². The van der Waals surface area contributed by atoms with Crippen LogP contribution in [0.15, 0.2) is 140 Å². The van der Waals surface area contributed by atoms with Crippen LogP contribution in [-0.2, 0) is 13.1 Å². The van der Waals surface area contributed by atoms with E-state index in [1.165, 1.54) is 81.8 Å². The Bertz CT molecular complexity index is 2400. The maximum absolute atomic E-state index is 2.51. The van der Waals surface area contributed by atoms with Gasteiger partial charge >= 0.3 is 0 Å². The smallest absolute Gasteiger partial charge is 0.0571 e. The lowest BCUT2D eigenvalue weighted by atomic mass is 9.79. The van der Waals surface area contributed by atoms with Gasteiger partial charge in [-0.25, -0.2) is 0 Å². The molecule has 0 N–H and O–H groups in total. The van der Waals surface area contributed by atoms with Crippen molar-refractivity contribution < 1.29 is 0 Å². The zero-order valence-electron chi connectivity index (χ0n) is 25.7. The molecule has 2 nitrogen and oxygen atoms in total. The zero-order valence-corrected chi connectivity index (χ0v) is 25.7. The van der Waals surface area contributed by atoms with Crippen LogP contribution in [-0.4, -0.2) is 9.13 Å². The van der Waals surface area contributed by atoms with Crippen molar-refractivity contribution in [1.29, 1.82) is 0 Å². The summed E-state index contributed by atoms with van der Waals surface area (Å²) in [5.41, 5.74) is 9.28. The van der Waals surface area contributed by atoms with Crippen molar-refractivity contribution >= 4 is 65.2 Å². The molecule has 0 saturated carbocycles. The third-order valence-corrected chi connectivity index (χ3v) is 9.99. The second-order valence-corrected chi connectivity index (χ2v) is 12.2. The molecule has 2 heteroatoms. The van der Waals surface area contributed by atoms with Gasteiger partial charge in [0.25, 0.3) is 0 Å². The number of hydrogen-bond acceptors (Lipinski definition) is 0. The quantitative estimate of drug-likeness (QED) is 0.180. The third kappa shape index (κ3) is 3.69. The van der Waals surface area contributed by atoms with Crippen LogP contribution in [0.5, 0.6) is 0 Å². The fourth-order valence-corrected chi connectivity index (χ4v) is 8.19. The predicted molar refractivity (Wildman–Crippen MR) is 193 cm³/mol. The van der Waals surface area contributed by atoms with Gasteiger partial charge in [-0.3, -0.25) is 0 Å². The molecule has 9 aromatic rings. The van der Waals surface area contributed by atoms with Gasteiger partial charge < -0.3 is 9.13 Å². The number of benzene rings is 7. The first kappa shape index (κ1) is 26.1. The van der Waals surface area contributed by atoms with Crippen LogP contribution in [0.3, 0.4) is 0 Å². The molecule has 0 aliphatic carbocycles. The van der Waals surface area contributed by atoms with Crippen molar-refractivity contribution in [2.45, 2.75) is 32.9 Å². The number of fused-ring (bicyclic) bond motifs is 10. The summed E-state index contributed by atoms with van der Waals surface area (Å²) in [6.45, 7) is 6.38. The van der Waals surface area contributed by atoms with Crippen LogP contribution in [0.25, 0.3) is 65.2 Å². The van der Waals surface area contributed by atoms with E-state index in [0.717, 1.165) is 13.1 Å². The van der Waals surface area contributed by atoms with Gasteiger partial charge in [0.15, 0.2) is 0 Å². The van der Waals surface area contributed by atoms with E-state index in [4.69, 9.17) is 0 Å². The predicted octanol–water partition coefficient (Wildman–Crippen LogP) is 11.4. The largest absolute Gasteiger partial charge is 0.340 e. The molecule has 0 radical (unpaired) electrons. The Hall–Kier alpha value is -5.34. The van der Waals surface area contributed by atoms with E-state index >= 15 is 0 Å². The van der Waals surface area contributed by atoms with Crippen LogP contribution in [0, 0.1) is 0 Å². The van der Waals surface area contributed by atoms with Gasteiger partial charge in [0.05, 0.1) is 11.0 Å². The molecule has 0 aliphatic heterocycles. The van der Waals surface area contributed by atoms with E-state index in [1.807, 2.05) is 0 Å². The van der Waals surface area contributed by atoms with Gasteiger partial charge in [-0.05, 0) is 65.6 Å². The van der Waals surface area contributed by atoms with E-state index < -0.39 is 0 Å². The van der Waals surface area contributed by atoms with Crippen LogP contribution in [0.4, 0.5) is 0 Å². The van der Waals surface area contributed by atoms with E-state index in [2.05, 4.69) is 163 Å². The third-order valence-electron chi connectivity index (χ3n) is 9.99. The molecule has 2 heterocycles. The summed E-state index contributed by atoms with van der Waals surface area (Å²) in [4.78, 5) is 0. The highest BCUT2D eigenvalue weighted by Crippen LogP contribution is 2.46. The number of para-hydroxylation sites is 2. The number of aromatic nitrogens is 2. The zero-order chi connectivity index (χ0) is 30.1. The molecule has 0 aliphatic rings. The highest BCUT2D eigenvalue weighted by molar-refractivity contribution is 6.20. The van der Waals surface area contributed by atoms with Gasteiger partial charge in [0, 0.05) is 62.4 Å². The fourth-order valence-electron chi connectivity index (χ4n) is 8.19. The maximum atomic E-state index is 2.51. The molecule has 216 valence electrons. The van der Waals surface area contributed by atoms with Crippen LogP contribution in [0.1, 0.15) is 36.5 Å². The summed E-state index contributed by atoms with van der Waals surface area (Å²) in [7, 11) is 0. The molecule has 0 fully saturated rings. The summed E-state index contributed by atoms with van der Waals surface area (Å²) in [6.07, 6.45) is 0. The Morgan fingerprint density at radius 3 is 1.22 bits per heavy atom. The van der Waals surface area contributed by atoms with Crippen LogP contribution < -0.4 is 0 Å². The van der Waals surface area contributed by atoms with Crippen molar-refractivity contribution in [3.05, 3.63) is 156 Å². The van der Waals surface area contributed by atoms with Crippen molar-refractivity contribution in [2.24, 2.45) is 0 Å². The number of hydrogen-bond donors (Lipinski definition) is 0. The lowest BCUT2D eigenvalue weighted by Crippen LogP contribution is -2.06. The molecule has 0 saturated heterocycles. The van der Waals surface area contributed by atoms with E-state index in [0.29, 0.717) is 0 Å². The molecule has 45 heavy (non-hydrogen) atoms. The summed E-state index contributed by atoms with van der Waals surface area (Å²) in [5.74, 6) is 0.0438. The summed E-state index contributed by atoms with van der Waals surface area (Å²) >= 11 is 0. The summed E-state index contributed by atoms with van der Waals surface area (Å²) < 4.78 is 4.99. The minimum absolute atomic E-state index is 0.0438. The minimum Gasteiger partial charge on any atom is -0.340 e. The first-order valence-corrected chi connectivity index (χ1v) is 16.2. The second kappa shape index (κ2) is 10.1. The molecule has 0 atom stereocenters. The number of aryl methyl sites for hydroxylation is 2. The highest BCUT2D eigenvalue weighted by atomic mass is 15.0. The highest BCUT2D eigenvalue weighted by Gasteiger charge is 2.26. The molecule has 0 spiro atoms. The standard InChI is InChI=1S/C43H34N2/c1-3-44-39-24-14-12-20-31(39)37-26-35(29-18-8-10-22-33(29)42(37)44)41(28-16-6-5-7-17-28)36-27-38-32-21-13-15-25-40(32)45(4-2)43(38)34-23-11-9-19-30(34)36/h5-27,41H,3-4H2,1-2H3. The molecule has 0 bridgehead atoms. The Kier molecular flexibility index (Phi) is 5.86. The first-order valence-electron chi connectivity index (χ1n) is 16.2. The topological polar surface area (TPSA) is 9.86 Å². The Morgan fingerprint density at radius 1 is 0.400 bits per heavy atom. The van der Waals surface area contributed by atoms with Gasteiger partial charge in [0.2, 0.25) is 0 Å². The van der Waals surface area contributed by atoms with Gasteiger partial charge in [-0.15, -0.1) is 0 Å². The Balaban J connectivity index is 1.47. The maximum Gasteiger partial charge on any atom is 0.0571 e. The van der Waals surface area contributed by atoms with E-state index in [1.54, 1.807) is 0 Å². The molecule has 9 rings (SSSR count). The first-order chi connectivity index (χ1) is 22.3. The summed E-state index contributed by atoms with van der Waals surface area (Å²) in [6, 6.07) is 52.1. The lowest BCUT2D eigenvalue weighted by molar-refractivity contribution is 0.829. The van der Waals surface area contributed by atoms with E-state index in [-0.39, 0.29) is 5.92 Å². The molecule has 2 aromatic heterocycles. The van der Waals surface area contributed by atoms with Crippen molar-refractivity contribution in [1.82, 2.24) is 9.13 Å². The molecular weight excluding hydrogens is 544 g/mol. The number of nitrogens with zero attached hydrogens (tertiary/aromatic N) is 2. The van der Waals surface area contributed by atoms with E-state index in [9.17, 15) is 0 Å². The van der Waals surface area contributed by atoms with Crippen molar-refractivity contribution in [3.63, 3.8) is 0 Å². The monoisotopic (exact) mass is 578 g/mol. The van der Waals surface area contributed by atoms with Crippen LogP contribution in [0.2, 0.25) is 0 Å².